The number of hydrogen-bond donors (Lipinski definition) is 3. The van der Waals surface area contributed by atoms with Gasteiger partial charge >= 0.3 is 6.18 Å². The molecule has 0 aliphatic carbocycles. The molecule has 4 aromatic rings. The summed E-state index contributed by atoms with van der Waals surface area (Å²) >= 11 is 17.2. The molecule has 4 rings (SSSR count). The molecule has 0 saturated carbocycles. The van der Waals surface area contributed by atoms with E-state index < -0.39 is 48.9 Å². The number of alkyl halides is 4. The van der Waals surface area contributed by atoms with Gasteiger partial charge in [0.15, 0.2) is 0 Å². The minimum absolute atomic E-state index is 0.0223. The highest BCUT2D eigenvalue weighted by Crippen LogP contribution is 2.37. The van der Waals surface area contributed by atoms with Gasteiger partial charge in [-0.1, -0.05) is 36.7 Å². The minimum atomic E-state index is -4.62. The summed E-state index contributed by atoms with van der Waals surface area (Å²) in [5.74, 6) is -0.796. The van der Waals surface area contributed by atoms with E-state index in [0.29, 0.717) is 36.9 Å². The summed E-state index contributed by atoms with van der Waals surface area (Å²) < 4.78 is 72.4. The first-order valence-electron chi connectivity index (χ1n) is 18.2. The number of para-hydroxylation sites is 1. The van der Waals surface area contributed by atoms with Crippen molar-refractivity contribution in [1.82, 2.24) is 19.7 Å². The third kappa shape index (κ3) is 16.8. The van der Waals surface area contributed by atoms with Crippen LogP contribution in [0.4, 0.5) is 36.4 Å². The molecule has 1 aromatic heterocycles. The summed E-state index contributed by atoms with van der Waals surface area (Å²) in [5, 5.41) is 16.9. The Morgan fingerprint density at radius 3 is 2.18 bits per heavy atom. The van der Waals surface area contributed by atoms with Gasteiger partial charge in [-0.3, -0.25) is 19.7 Å². The number of benzene rings is 3. The Morgan fingerprint density at radius 2 is 1.66 bits per heavy atom. The molecule has 0 fully saturated rings. The van der Waals surface area contributed by atoms with Crippen LogP contribution < -0.4 is 25.0 Å². The highest BCUT2D eigenvalue weighted by Gasteiger charge is 2.31. The second-order valence-electron chi connectivity index (χ2n) is 13.1. The molecule has 0 spiro atoms. The van der Waals surface area contributed by atoms with Crippen molar-refractivity contribution in [2.45, 2.75) is 66.2 Å². The minimum Gasteiger partial charge on any atom is -0.456 e. The van der Waals surface area contributed by atoms with Crippen molar-refractivity contribution < 1.29 is 45.6 Å². The molecule has 0 saturated heterocycles. The maximum Gasteiger partial charge on any atom is 0.416 e. The lowest BCUT2D eigenvalue weighted by Gasteiger charge is -2.31. The van der Waals surface area contributed by atoms with Gasteiger partial charge in [-0.05, 0) is 88.0 Å². The van der Waals surface area contributed by atoms with E-state index in [2.05, 4.69) is 38.6 Å². The van der Waals surface area contributed by atoms with Crippen molar-refractivity contribution in [3.05, 3.63) is 97.3 Å². The van der Waals surface area contributed by atoms with Crippen molar-refractivity contribution in [3.8, 4) is 11.5 Å². The number of ether oxygens (including phenoxy) is 2. The SMILES string of the molecule is CCNc1nc(Cl)nc(NC(C)C)n1.CCc1cccc(C)c1N(C(=O)CCl)C(C)COC.CS(=O)(=O)NC(=O)c1cc(Oc2ccc(C(F)(F)F)cc2Cl)ccc1[N+](=O)[O-]. The van der Waals surface area contributed by atoms with Crippen molar-refractivity contribution in [2.24, 2.45) is 0 Å². The summed E-state index contributed by atoms with van der Waals surface area (Å²) in [7, 11) is -2.36. The second-order valence-corrected chi connectivity index (χ2v) is 15.9. The van der Waals surface area contributed by atoms with E-state index in [1.165, 1.54) is 0 Å². The molecule has 3 N–H and O–H groups in total. The number of rotatable bonds is 15. The number of amides is 2. The Balaban J connectivity index is 0.000000337. The average Bonchev–Trinajstić information content (AvgIpc) is 3.15. The Bertz CT molecular complexity index is 2260. The van der Waals surface area contributed by atoms with Gasteiger partial charge in [-0.2, -0.15) is 28.1 Å². The zero-order valence-electron chi connectivity index (χ0n) is 34.4. The summed E-state index contributed by atoms with van der Waals surface area (Å²) in [6.45, 7) is 13.3. The molecule has 334 valence electrons. The van der Waals surface area contributed by atoms with Gasteiger partial charge in [0.1, 0.15) is 22.9 Å². The van der Waals surface area contributed by atoms with Crippen molar-refractivity contribution in [1.29, 1.82) is 0 Å². The maximum atomic E-state index is 12.7. The number of anilines is 3. The molecule has 23 heteroatoms. The lowest BCUT2D eigenvalue weighted by Crippen LogP contribution is -2.43. The van der Waals surface area contributed by atoms with Crippen LogP contribution in [0.5, 0.6) is 11.5 Å². The average molecular weight is 938 g/mol. The number of nitro benzene ring substituents is 1. The number of carbonyl (C=O) groups is 2. The number of methoxy groups -OCH3 is 1. The van der Waals surface area contributed by atoms with Gasteiger partial charge in [-0.25, -0.2) is 13.1 Å². The number of hydrogen-bond acceptors (Lipinski definition) is 13. The summed E-state index contributed by atoms with van der Waals surface area (Å²) in [6.07, 6.45) is -3.06. The van der Waals surface area contributed by atoms with Gasteiger partial charge in [-0.15, -0.1) is 11.6 Å². The molecule has 0 bridgehead atoms. The van der Waals surface area contributed by atoms with Crippen LogP contribution in [0, 0.1) is 17.0 Å². The lowest BCUT2D eigenvalue weighted by atomic mass is 10.0. The lowest BCUT2D eigenvalue weighted by molar-refractivity contribution is -0.385. The first kappa shape index (κ1) is 52.1. The smallest absolute Gasteiger partial charge is 0.416 e. The van der Waals surface area contributed by atoms with E-state index in [-0.39, 0.29) is 40.7 Å². The zero-order chi connectivity index (χ0) is 46.2. The summed E-state index contributed by atoms with van der Waals surface area (Å²) in [4.78, 5) is 48.1. The van der Waals surface area contributed by atoms with Crippen LogP contribution in [0.1, 0.15) is 61.7 Å². The molecule has 0 aliphatic rings. The number of aromatic nitrogens is 3. The number of nitrogens with one attached hydrogen (secondary N) is 3. The highest BCUT2D eigenvalue weighted by atomic mass is 35.5. The van der Waals surface area contributed by atoms with Gasteiger partial charge in [0.25, 0.3) is 11.6 Å². The fourth-order valence-corrected chi connectivity index (χ4v) is 6.22. The van der Waals surface area contributed by atoms with Crippen LogP contribution in [0.25, 0.3) is 0 Å². The number of nitrogens with zero attached hydrogens (tertiary/aromatic N) is 5. The number of halogens is 6. The monoisotopic (exact) mass is 936 g/mol. The molecule has 1 atom stereocenters. The zero-order valence-corrected chi connectivity index (χ0v) is 37.4. The van der Waals surface area contributed by atoms with Gasteiger partial charge < -0.3 is 25.0 Å². The predicted molar refractivity (Wildman–Crippen MR) is 230 cm³/mol. The van der Waals surface area contributed by atoms with E-state index in [1.54, 1.807) is 16.7 Å². The van der Waals surface area contributed by atoms with Gasteiger partial charge in [0.05, 0.1) is 40.1 Å². The topological polar surface area (TPSA) is 208 Å². The summed E-state index contributed by atoms with van der Waals surface area (Å²) in [5.41, 5.74) is 0.868. The molecule has 0 radical (unpaired) electrons. The standard InChI is InChI=1S/C15H10ClF3N2O6S.C15H22ClNO2.C8H14ClN5/c1-28(25,26)20-14(22)10-7-9(3-4-12(10)21(23)24)27-13-5-2-8(6-11(13)16)15(17,18)19;1-5-13-8-6-7-11(2)15(13)17(14(18)9-16)12(3)10-19-4;1-4-10-7-12-6(9)13-8(14-7)11-5(2)3/h2-7H,1H3,(H,20,22);6-8,12H,5,9-10H2,1-4H3;5H,4H2,1-3H3,(H2,10,11,12,13,14). The fraction of sp³-hybridized carbons (Fsp3) is 0.395. The molecular formula is C38H46Cl3F3N8O8S. The van der Waals surface area contributed by atoms with Crippen molar-refractivity contribution >= 4 is 79.9 Å². The predicted octanol–water partition coefficient (Wildman–Crippen LogP) is 8.69. The van der Waals surface area contributed by atoms with E-state index in [0.717, 1.165) is 54.0 Å². The van der Waals surface area contributed by atoms with Crippen LogP contribution in [-0.4, -0.2) is 84.6 Å². The van der Waals surface area contributed by atoms with Crippen LogP contribution in [0.3, 0.4) is 0 Å². The van der Waals surface area contributed by atoms with E-state index in [1.807, 2.05) is 46.8 Å². The van der Waals surface area contributed by atoms with E-state index in [9.17, 15) is 41.3 Å². The quantitative estimate of drug-likeness (QED) is 0.0580. The normalized spacial score (nSPS) is 11.6. The van der Waals surface area contributed by atoms with E-state index >= 15 is 0 Å². The third-order valence-corrected chi connectivity index (χ3v) is 8.96. The highest BCUT2D eigenvalue weighted by molar-refractivity contribution is 7.89. The number of carbonyl (C=O) groups excluding carboxylic acids is 2. The first-order chi connectivity index (χ1) is 28.5. The third-order valence-electron chi connectivity index (χ3n) is 7.71. The maximum absolute atomic E-state index is 12.7. The number of aryl methyl sites for hydroxylation is 2. The number of nitro groups is 1. The molecular weight excluding hydrogens is 892 g/mol. The molecule has 16 nitrogen and oxygen atoms in total. The fourth-order valence-electron chi connectivity index (χ4n) is 5.26. The second kappa shape index (κ2) is 23.8. The van der Waals surface area contributed by atoms with Gasteiger partial charge in [0, 0.05) is 31.8 Å². The van der Waals surface area contributed by atoms with Gasteiger partial charge in [0.2, 0.25) is 33.1 Å². The van der Waals surface area contributed by atoms with E-state index in [4.69, 9.17) is 44.3 Å². The molecule has 61 heavy (non-hydrogen) atoms. The molecule has 2 amide bonds. The van der Waals surface area contributed by atoms with Crippen LogP contribution in [-0.2, 0) is 32.2 Å². The first-order valence-corrected chi connectivity index (χ1v) is 21.4. The molecule has 0 aliphatic heterocycles. The molecule has 1 heterocycles. The van der Waals surface area contributed by atoms with Crippen molar-refractivity contribution in [3.63, 3.8) is 0 Å². The summed E-state index contributed by atoms with van der Waals surface area (Å²) in [6, 6.07) is 11.4. The van der Waals surface area contributed by atoms with Crippen molar-refractivity contribution in [2.75, 3.05) is 47.9 Å². The van der Waals surface area contributed by atoms with Crippen LogP contribution in [0.15, 0.2) is 54.6 Å². The Labute approximate surface area is 366 Å². The van der Waals surface area contributed by atoms with Crippen LogP contribution >= 0.6 is 34.8 Å². The molecule has 1 unspecified atom stereocenters. The van der Waals surface area contributed by atoms with Crippen LogP contribution in [0.2, 0.25) is 10.3 Å². The Morgan fingerprint density at radius 1 is 1.00 bits per heavy atom. The number of sulfonamides is 1. The Kier molecular flexibility index (Phi) is 20.4. The molecule has 3 aromatic carbocycles. The Hall–Kier alpha value is -5.02. The largest absolute Gasteiger partial charge is 0.456 e.